The van der Waals surface area contributed by atoms with E-state index in [0.717, 1.165) is 37.2 Å². The average molecular weight is 476 g/mol. The van der Waals surface area contributed by atoms with Crippen molar-refractivity contribution >= 4 is 23.6 Å². The maximum Gasteiger partial charge on any atom is 0.239 e. The Labute approximate surface area is 203 Å². The highest BCUT2D eigenvalue weighted by Crippen LogP contribution is 2.40. The van der Waals surface area contributed by atoms with Crippen LogP contribution in [0.5, 0.6) is 5.75 Å². The summed E-state index contributed by atoms with van der Waals surface area (Å²) in [6, 6.07) is 7.91. The van der Waals surface area contributed by atoms with Crippen LogP contribution in [0.2, 0.25) is 0 Å². The number of rotatable bonds is 5. The fourth-order valence-electron chi connectivity index (χ4n) is 5.11. The zero-order valence-corrected chi connectivity index (χ0v) is 21.4. The summed E-state index contributed by atoms with van der Waals surface area (Å²) >= 11 is 1.71. The molecule has 2 aliphatic heterocycles. The number of carbonyl (C=O) groups excluding carboxylic acids is 2. The first kappa shape index (κ1) is 25.9. The molecule has 2 N–H and O–H groups in total. The number of thioether (sulfide) groups is 1. The Balaban J connectivity index is 1.74. The average Bonchev–Trinajstić information content (AvgIpc) is 2.82. The number of nitrogens with two attached hydrogens (primary N) is 1. The molecule has 2 aliphatic rings. The largest absolute Gasteiger partial charge is 0.491 e. The standard InChI is InChI=1S/C26H41N3O3S/c1-20(2)29-17-18-32-23-10-5-4-8-21(23)9-6-7-12-26(25(29)31)13-15-28(16-14-26)24(30)22(27)11-19-33-3/h4-5,8,10,20,22H,6-7,9,11-19,27H2,1-3H3/t22-/m1/s1. The van der Waals surface area contributed by atoms with Gasteiger partial charge in [-0.2, -0.15) is 11.8 Å². The summed E-state index contributed by atoms with van der Waals surface area (Å²) in [7, 11) is 0. The molecule has 0 aliphatic carbocycles. The van der Waals surface area contributed by atoms with Crippen LogP contribution in [0.3, 0.4) is 0 Å². The van der Waals surface area contributed by atoms with E-state index in [1.165, 1.54) is 5.56 Å². The summed E-state index contributed by atoms with van der Waals surface area (Å²) < 4.78 is 6.11. The molecule has 1 fully saturated rings. The van der Waals surface area contributed by atoms with Crippen molar-refractivity contribution < 1.29 is 14.3 Å². The van der Waals surface area contributed by atoms with Crippen molar-refractivity contribution in [1.29, 1.82) is 0 Å². The molecule has 0 unspecified atom stereocenters. The van der Waals surface area contributed by atoms with Gasteiger partial charge in [0.25, 0.3) is 0 Å². The van der Waals surface area contributed by atoms with E-state index in [9.17, 15) is 9.59 Å². The molecule has 0 saturated carbocycles. The van der Waals surface area contributed by atoms with Gasteiger partial charge in [0.2, 0.25) is 11.8 Å². The number of carbonyl (C=O) groups is 2. The smallest absolute Gasteiger partial charge is 0.239 e. The van der Waals surface area contributed by atoms with E-state index in [4.69, 9.17) is 10.5 Å². The van der Waals surface area contributed by atoms with E-state index in [-0.39, 0.29) is 17.9 Å². The van der Waals surface area contributed by atoms with Gasteiger partial charge in [0.15, 0.2) is 0 Å². The van der Waals surface area contributed by atoms with Gasteiger partial charge >= 0.3 is 0 Å². The zero-order valence-electron chi connectivity index (χ0n) is 20.6. The molecule has 1 aromatic rings. The summed E-state index contributed by atoms with van der Waals surface area (Å²) in [5, 5.41) is 0. The van der Waals surface area contributed by atoms with Crippen molar-refractivity contribution in [3.05, 3.63) is 29.8 Å². The lowest BCUT2D eigenvalue weighted by atomic mass is 9.72. The fraction of sp³-hybridized carbons (Fsp3) is 0.692. The number of benzene rings is 1. The third kappa shape index (κ3) is 6.44. The minimum atomic E-state index is -0.442. The highest BCUT2D eigenvalue weighted by Gasteiger charge is 2.44. The summed E-state index contributed by atoms with van der Waals surface area (Å²) in [6.07, 6.45) is 8.01. The van der Waals surface area contributed by atoms with Gasteiger partial charge in [-0.25, -0.2) is 0 Å². The second-order valence-electron chi connectivity index (χ2n) is 9.75. The summed E-state index contributed by atoms with van der Waals surface area (Å²) in [4.78, 5) is 30.6. The molecule has 0 radical (unpaired) electrons. The second-order valence-corrected chi connectivity index (χ2v) is 10.7. The van der Waals surface area contributed by atoms with Crippen molar-refractivity contribution in [3.63, 3.8) is 0 Å². The first-order valence-corrected chi connectivity index (χ1v) is 13.8. The Morgan fingerprint density at radius 1 is 1.15 bits per heavy atom. The van der Waals surface area contributed by atoms with Gasteiger partial charge in [-0.3, -0.25) is 9.59 Å². The number of likely N-dealkylation sites (tertiary alicyclic amines) is 1. The molecule has 2 heterocycles. The third-order valence-corrected chi connectivity index (χ3v) is 7.88. The normalized spacial score (nSPS) is 20.6. The number of piperidine rings is 1. The molecule has 1 saturated heterocycles. The summed E-state index contributed by atoms with van der Waals surface area (Å²) in [5.41, 5.74) is 7.00. The van der Waals surface area contributed by atoms with Gasteiger partial charge in [0, 0.05) is 19.1 Å². The van der Waals surface area contributed by atoms with Crippen molar-refractivity contribution in [2.75, 3.05) is 38.2 Å². The van der Waals surface area contributed by atoms with E-state index in [2.05, 4.69) is 26.0 Å². The van der Waals surface area contributed by atoms with Gasteiger partial charge in [-0.1, -0.05) is 24.6 Å². The van der Waals surface area contributed by atoms with Gasteiger partial charge < -0.3 is 20.3 Å². The first-order valence-electron chi connectivity index (χ1n) is 12.4. The Bertz CT molecular complexity index is 793. The molecule has 1 atom stereocenters. The van der Waals surface area contributed by atoms with Crippen molar-refractivity contribution in [2.24, 2.45) is 11.1 Å². The van der Waals surface area contributed by atoms with E-state index < -0.39 is 11.5 Å². The van der Waals surface area contributed by atoms with Crippen LogP contribution in [0.25, 0.3) is 0 Å². The quantitative estimate of drug-likeness (QED) is 0.702. The van der Waals surface area contributed by atoms with Crippen LogP contribution in [0.15, 0.2) is 24.3 Å². The third-order valence-electron chi connectivity index (χ3n) is 7.23. The molecule has 0 aromatic heterocycles. The predicted octanol–water partition coefficient (Wildman–Crippen LogP) is 3.72. The minimum Gasteiger partial charge on any atom is -0.491 e. The maximum atomic E-state index is 13.9. The van der Waals surface area contributed by atoms with E-state index in [0.29, 0.717) is 45.5 Å². The molecule has 2 amide bonds. The van der Waals surface area contributed by atoms with Crippen LogP contribution in [-0.4, -0.2) is 71.9 Å². The number of nitrogens with zero attached hydrogens (tertiary/aromatic N) is 2. The topological polar surface area (TPSA) is 75.9 Å². The number of aryl methyl sites for hydroxylation is 1. The molecule has 33 heavy (non-hydrogen) atoms. The predicted molar refractivity (Wildman–Crippen MR) is 136 cm³/mol. The van der Waals surface area contributed by atoms with E-state index in [1.54, 1.807) is 11.8 Å². The SMILES string of the molecule is CSCC[C@@H](N)C(=O)N1CCC2(CCCCc3ccccc3OCCN(C(C)C)C2=O)CC1. The maximum absolute atomic E-state index is 13.9. The number of ether oxygens (including phenoxy) is 1. The first-order chi connectivity index (χ1) is 15.9. The molecule has 3 rings (SSSR count). The van der Waals surface area contributed by atoms with Crippen molar-refractivity contribution in [2.45, 2.75) is 70.9 Å². The number of amides is 2. The highest BCUT2D eigenvalue weighted by atomic mass is 32.2. The zero-order chi connectivity index (χ0) is 23.8. The van der Waals surface area contributed by atoms with Gasteiger partial charge in [0.1, 0.15) is 12.4 Å². The molecule has 1 spiro atoms. The van der Waals surface area contributed by atoms with Gasteiger partial charge in [-0.15, -0.1) is 0 Å². The molecular weight excluding hydrogens is 434 g/mol. The molecule has 1 aromatic carbocycles. The molecule has 184 valence electrons. The van der Waals surface area contributed by atoms with Crippen molar-refractivity contribution in [3.8, 4) is 5.75 Å². The van der Waals surface area contributed by atoms with Crippen LogP contribution < -0.4 is 10.5 Å². The summed E-state index contributed by atoms with van der Waals surface area (Å²) in [5.74, 6) is 2.09. The van der Waals surface area contributed by atoms with E-state index in [1.807, 2.05) is 28.2 Å². The van der Waals surface area contributed by atoms with Gasteiger partial charge in [-0.05, 0) is 76.0 Å². The Morgan fingerprint density at radius 2 is 1.88 bits per heavy atom. The molecular formula is C26H41N3O3S. The minimum absolute atomic E-state index is 0.0326. The monoisotopic (exact) mass is 475 g/mol. The molecule has 6 nitrogen and oxygen atoms in total. The lowest BCUT2D eigenvalue weighted by Gasteiger charge is -2.45. The number of hydrogen-bond donors (Lipinski definition) is 1. The van der Waals surface area contributed by atoms with Crippen LogP contribution in [0.4, 0.5) is 0 Å². The van der Waals surface area contributed by atoms with E-state index >= 15 is 0 Å². The Hall–Kier alpha value is -1.73. The van der Waals surface area contributed by atoms with Crippen LogP contribution >= 0.6 is 11.8 Å². The molecule has 7 heteroatoms. The summed E-state index contributed by atoms with van der Waals surface area (Å²) in [6.45, 7) is 6.45. The second kappa shape index (κ2) is 12.1. The Morgan fingerprint density at radius 3 is 2.58 bits per heavy atom. The number of hydrogen-bond acceptors (Lipinski definition) is 5. The van der Waals surface area contributed by atoms with Crippen LogP contribution in [0, 0.1) is 5.41 Å². The van der Waals surface area contributed by atoms with Crippen LogP contribution in [-0.2, 0) is 16.0 Å². The molecule has 0 bridgehead atoms. The van der Waals surface area contributed by atoms with Crippen LogP contribution in [0.1, 0.15) is 57.9 Å². The lowest BCUT2D eigenvalue weighted by Crippen LogP contribution is -2.55. The van der Waals surface area contributed by atoms with Gasteiger partial charge in [0.05, 0.1) is 18.0 Å². The number of para-hydroxylation sites is 1. The number of fused-ring (bicyclic) bond motifs is 1. The Kier molecular flexibility index (Phi) is 9.50. The fourth-order valence-corrected chi connectivity index (χ4v) is 5.60. The highest BCUT2D eigenvalue weighted by molar-refractivity contribution is 7.98. The lowest BCUT2D eigenvalue weighted by molar-refractivity contribution is -0.151. The van der Waals surface area contributed by atoms with Crippen molar-refractivity contribution in [1.82, 2.24) is 9.80 Å².